The standard InChI is InChI=1S/C15H12ClN3O4/c1-23-14-5-3-2-4-12(14)15(20)18-17-9-10-8-11(19(21)22)6-7-13(10)16/h2-9H,1H3,(H,18,20)/b17-9+. The van der Waals surface area contributed by atoms with Gasteiger partial charge < -0.3 is 4.74 Å². The molecule has 8 heteroatoms. The number of hydrogen-bond donors (Lipinski definition) is 1. The van der Waals surface area contributed by atoms with Crippen molar-refractivity contribution < 1.29 is 14.5 Å². The normalized spacial score (nSPS) is 10.5. The van der Waals surface area contributed by atoms with Crippen molar-refractivity contribution in [2.45, 2.75) is 0 Å². The molecule has 0 aliphatic heterocycles. The lowest BCUT2D eigenvalue weighted by molar-refractivity contribution is -0.384. The maximum Gasteiger partial charge on any atom is 0.275 e. The number of nitrogens with one attached hydrogen (secondary N) is 1. The van der Waals surface area contributed by atoms with E-state index in [9.17, 15) is 14.9 Å². The average molecular weight is 334 g/mol. The Kier molecular flexibility index (Phi) is 5.27. The molecule has 1 N–H and O–H groups in total. The largest absolute Gasteiger partial charge is 0.496 e. The third-order valence-corrected chi connectivity index (χ3v) is 3.26. The Morgan fingerprint density at radius 2 is 2.09 bits per heavy atom. The first kappa shape index (κ1) is 16.4. The number of amides is 1. The molecule has 0 aromatic heterocycles. The van der Waals surface area contributed by atoms with E-state index in [4.69, 9.17) is 16.3 Å². The molecule has 0 spiro atoms. The Balaban J connectivity index is 2.14. The van der Waals surface area contributed by atoms with Crippen LogP contribution in [-0.2, 0) is 0 Å². The van der Waals surface area contributed by atoms with Gasteiger partial charge in [-0.05, 0) is 18.2 Å². The predicted molar refractivity (Wildman–Crippen MR) is 86.2 cm³/mol. The fraction of sp³-hybridized carbons (Fsp3) is 0.0667. The molecule has 0 unspecified atom stereocenters. The number of rotatable bonds is 5. The first-order valence-electron chi connectivity index (χ1n) is 6.43. The number of carbonyl (C=O) groups is 1. The molecule has 118 valence electrons. The van der Waals surface area contributed by atoms with Crippen LogP contribution in [0.4, 0.5) is 5.69 Å². The second-order valence-corrected chi connectivity index (χ2v) is 4.77. The molecular formula is C15H12ClN3O4. The first-order chi connectivity index (χ1) is 11.0. The van der Waals surface area contributed by atoms with Crippen LogP contribution in [0, 0.1) is 10.1 Å². The van der Waals surface area contributed by atoms with Crippen LogP contribution in [0.25, 0.3) is 0 Å². The lowest BCUT2D eigenvalue weighted by Crippen LogP contribution is -2.18. The van der Waals surface area contributed by atoms with Crippen molar-refractivity contribution >= 4 is 29.4 Å². The van der Waals surface area contributed by atoms with Gasteiger partial charge in [0.2, 0.25) is 0 Å². The van der Waals surface area contributed by atoms with Gasteiger partial charge in [-0.2, -0.15) is 5.10 Å². The number of methoxy groups -OCH3 is 1. The minimum absolute atomic E-state index is 0.119. The number of hydrogen-bond acceptors (Lipinski definition) is 5. The summed E-state index contributed by atoms with van der Waals surface area (Å²) in [6, 6.07) is 10.6. The summed E-state index contributed by atoms with van der Waals surface area (Å²) >= 11 is 5.93. The second kappa shape index (κ2) is 7.37. The van der Waals surface area contributed by atoms with E-state index in [1.165, 1.54) is 31.5 Å². The van der Waals surface area contributed by atoms with E-state index in [-0.39, 0.29) is 10.7 Å². The highest BCUT2D eigenvalue weighted by atomic mass is 35.5. The van der Waals surface area contributed by atoms with Crippen molar-refractivity contribution in [2.75, 3.05) is 7.11 Å². The van der Waals surface area contributed by atoms with Crippen LogP contribution in [0.15, 0.2) is 47.6 Å². The molecule has 1 amide bonds. The SMILES string of the molecule is COc1ccccc1C(=O)N/N=C/c1cc([N+](=O)[O-])ccc1Cl. The van der Waals surface area contributed by atoms with Gasteiger partial charge in [0.15, 0.2) is 0 Å². The van der Waals surface area contributed by atoms with Crippen LogP contribution in [0.3, 0.4) is 0 Å². The van der Waals surface area contributed by atoms with E-state index in [0.29, 0.717) is 16.9 Å². The highest BCUT2D eigenvalue weighted by molar-refractivity contribution is 6.33. The van der Waals surface area contributed by atoms with E-state index >= 15 is 0 Å². The number of nitro groups is 1. The van der Waals surface area contributed by atoms with Gasteiger partial charge in [0, 0.05) is 22.7 Å². The van der Waals surface area contributed by atoms with Gasteiger partial charge in [0.25, 0.3) is 11.6 Å². The van der Waals surface area contributed by atoms with Crippen molar-refractivity contribution in [3.8, 4) is 5.75 Å². The highest BCUT2D eigenvalue weighted by Gasteiger charge is 2.11. The zero-order chi connectivity index (χ0) is 16.8. The molecule has 0 bridgehead atoms. The molecule has 0 heterocycles. The number of nitrogens with zero attached hydrogens (tertiary/aromatic N) is 2. The maximum atomic E-state index is 12.0. The van der Waals surface area contributed by atoms with E-state index in [2.05, 4.69) is 10.5 Å². The zero-order valence-corrected chi connectivity index (χ0v) is 12.8. The number of halogens is 1. The highest BCUT2D eigenvalue weighted by Crippen LogP contribution is 2.20. The van der Waals surface area contributed by atoms with Crippen LogP contribution in [0.5, 0.6) is 5.75 Å². The van der Waals surface area contributed by atoms with Crippen molar-refractivity contribution in [2.24, 2.45) is 5.10 Å². The lowest BCUT2D eigenvalue weighted by atomic mass is 10.2. The third kappa shape index (κ3) is 4.04. The number of carbonyl (C=O) groups excluding carboxylic acids is 1. The number of ether oxygens (including phenoxy) is 1. The summed E-state index contributed by atoms with van der Waals surface area (Å²) < 4.78 is 5.08. The fourth-order valence-corrected chi connectivity index (χ4v) is 1.96. The molecule has 0 aliphatic rings. The summed E-state index contributed by atoms with van der Waals surface area (Å²) in [6.07, 6.45) is 1.24. The van der Waals surface area contributed by atoms with Gasteiger partial charge >= 0.3 is 0 Å². The monoisotopic (exact) mass is 333 g/mol. The Bertz CT molecular complexity index is 777. The Morgan fingerprint density at radius 1 is 1.35 bits per heavy atom. The Hall–Kier alpha value is -2.93. The molecule has 2 rings (SSSR count). The molecule has 0 radical (unpaired) electrons. The molecule has 2 aromatic rings. The molecule has 0 atom stereocenters. The first-order valence-corrected chi connectivity index (χ1v) is 6.81. The fourth-order valence-electron chi connectivity index (χ4n) is 1.80. The number of hydrazone groups is 1. The summed E-state index contributed by atoms with van der Waals surface area (Å²) in [7, 11) is 1.46. The summed E-state index contributed by atoms with van der Waals surface area (Å²) in [5.41, 5.74) is 2.84. The van der Waals surface area contributed by atoms with Crippen LogP contribution < -0.4 is 10.2 Å². The average Bonchev–Trinajstić information content (AvgIpc) is 2.56. The van der Waals surface area contributed by atoms with Crippen molar-refractivity contribution in [1.29, 1.82) is 0 Å². The van der Waals surface area contributed by atoms with E-state index < -0.39 is 10.8 Å². The topological polar surface area (TPSA) is 93.8 Å². The van der Waals surface area contributed by atoms with Crippen molar-refractivity contribution in [3.05, 3.63) is 68.7 Å². The summed E-state index contributed by atoms with van der Waals surface area (Å²) in [5.74, 6) is -0.0613. The molecular weight excluding hydrogens is 322 g/mol. The quantitative estimate of drug-likeness (QED) is 0.517. The molecule has 2 aromatic carbocycles. The lowest BCUT2D eigenvalue weighted by Gasteiger charge is -2.06. The second-order valence-electron chi connectivity index (χ2n) is 4.36. The van der Waals surface area contributed by atoms with Gasteiger partial charge in [-0.15, -0.1) is 0 Å². The molecule has 7 nitrogen and oxygen atoms in total. The van der Waals surface area contributed by atoms with Crippen LogP contribution >= 0.6 is 11.6 Å². The molecule has 0 fully saturated rings. The zero-order valence-electron chi connectivity index (χ0n) is 12.0. The third-order valence-electron chi connectivity index (χ3n) is 2.91. The van der Waals surface area contributed by atoms with Crippen molar-refractivity contribution in [3.63, 3.8) is 0 Å². The Labute approximate surface area is 136 Å². The van der Waals surface area contributed by atoms with Gasteiger partial charge in [-0.3, -0.25) is 14.9 Å². The van der Waals surface area contributed by atoms with Crippen LogP contribution in [0.1, 0.15) is 15.9 Å². The molecule has 23 heavy (non-hydrogen) atoms. The van der Waals surface area contributed by atoms with Crippen LogP contribution in [0.2, 0.25) is 5.02 Å². The summed E-state index contributed by atoms with van der Waals surface area (Å²) in [5, 5.41) is 14.8. The van der Waals surface area contributed by atoms with E-state index in [0.717, 1.165) is 0 Å². The number of non-ortho nitro benzene ring substituents is 1. The smallest absolute Gasteiger partial charge is 0.275 e. The number of benzene rings is 2. The molecule has 0 saturated carbocycles. The predicted octanol–water partition coefficient (Wildman–Crippen LogP) is 3.02. The number of para-hydroxylation sites is 1. The van der Waals surface area contributed by atoms with Gasteiger partial charge in [-0.1, -0.05) is 23.7 Å². The minimum Gasteiger partial charge on any atom is -0.496 e. The van der Waals surface area contributed by atoms with Gasteiger partial charge in [-0.25, -0.2) is 5.43 Å². The van der Waals surface area contributed by atoms with Gasteiger partial charge in [0.1, 0.15) is 5.75 Å². The number of nitro benzene ring substituents is 1. The van der Waals surface area contributed by atoms with Gasteiger partial charge in [0.05, 0.1) is 23.8 Å². The molecule has 0 aliphatic carbocycles. The molecule has 0 saturated heterocycles. The summed E-state index contributed by atoms with van der Waals surface area (Å²) in [4.78, 5) is 22.2. The summed E-state index contributed by atoms with van der Waals surface area (Å²) in [6.45, 7) is 0. The maximum absolute atomic E-state index is 12.0. The van der Waals surface area contributed by atoms with E-state index in [1.54, 1.807) is 24.3 Å². The minimum atomic E-state index is -0.541. The Morgan fingerprint density at radius 3 is 2.78 bits per heavy atom. The van der Waals surface area contributed by atoms with Crippen molar-refractivity contribution in [1.82, 2.24) is 5.43 Å². The van der Waals surface area contributed by atoms with E-state index in [1.807, 2.05) is 0 Å². The van der Waals surface area contributed by atoms with Crippen LogP contribution in [-0.4, -0.2) is 24.2 Å².